The van der Waals surface area contributed by atoms with Gasteiger partial charge in [0, 0.05) is 36.5 Å². The molecule has 4 rings (SSSR count). The van der Waals surface area contributed by atoms with Crippen molar-refractivity contribution in [3.05, 3.63) is 46.8 Å². The summed E-state index contributed by atoms with van der Waals surface area (Å²) >= 11 is 1.71. The van der Waals surface area contributed by atoms with Crippen LogP contribution in [0, 0.1) is 6.92 Å². The van der Waals surface area contributed by atoms with E-state index in [1.165, 1.54) is 0 Å². The number of hydrogen-bond donors (Lipinski definition) is 1. The number of aryl methyl sites for hydroxylation is 1. The molecule has 0 bridgehead atoms. The van der Waals surface area contributed by atoms with E-state index in [0.29, 0.717) is 18.3 Å². The Morgan fingerprint density at radius 2 is 1.96 bits per heavy atom. The molecule has 0 unspecified atom stereocenters. The van der Waals surface area contributed by atoms with Gasteiger partial charge in [0.1, 0.15) is 0 Å². The number of benzene rings is 1. The van der Waals surface area contributed by atoms with Gasteiger partial charge in [0.15, 0.2) is 5.13 Å². The van der Waals surface area contributed by atoms with E-state index in [-0.39, 0.29) is 0 Å². The van der Waals surface area contributed by atoms with Gasteiger partial charge in [0.25, 0.3) is 0 Å². The fourth-order valence-corrected chi connectivity index (χ4v) is 3.97. The summed E-state index contributed by atoms with van der Waals surface area (Å²) in [6.07, 6.45) is 2.01. The van der Waals surface area contributed by atoms with E-state index in [1.54, 1.807) is 11.3 Å². The molecule has 1 aliphatic heterocycles. The van der Waals surface area contributed by atoms with Crippen molar-refractivity contribution in [1.29, 1.82) is 0 Å². The Morgan fingerprint density at radius 3 is 2.60 bits per heavy atom. The van der Waals surface area contributed by atoms with Crippen LogP contribution in [0.4, 0.5) is 5.13 Å². The third kappa shape index (κ3) is 3.43. The normalized spacial score (nSPS) is 15.7. The molecule has 0 amide bonds. The van der Waals surface area contributed by atoms with Crippen LogP contribution in [-0.2, 0) is 6.54 Å². The predicted octanol–water partition coefficient (Wildman–Crippen LogP) is 3.34. The molecule has 2 N–H and O–H groups in total. The first-order chi connectivity index (χ1) is 12.2. The van der Waals surface area contributed by atoms with Crippen LogP contribution in [0.5, 0.6) is 0 Å². The summed E-state index contributed by atoms with van der Waals surface area (Å²) in [6, 6.07) is 7.98. The van der Waals surface area contributed by atoms with Crippen LogP contribution in [0.15, 0.2) is 34.2 Å². The van der Waals surface area contributed by atoms with Gasteiger partial charge in [-0.1, -0.05) is 29.4 Å². The van der Waals surface area contributed by atoms with E-state index in [0.717, 1.165) is 53.8 Å². The quantitative estimate of drug-likeness (QED) is 0.773. The van der Waals surface area contributed by atoms with Crippen molar-refractivity contribution in [2.24, 2.45) is 5.73 Å². The summed E-state index contributed by atoms with van der Waals surface area (Å²) in [6.45, 7) is 4.52. The third-order valence-electron chi connectivity index (χ3n) is 4.61. The standard InChI is InChI=1S/C18H21N5OS/c1-12-11-25-18(20-12)23-8-6-15(7-9-23)17-21-16(22-24-17)14-4-2-13(10-19)3-5-14/h2-5,11,15H,6-10,19H2,1H3. The molecule has 6 nitrogen and oxygen atoms in total. The summed E-state index contributed by atoms with van der Waals surface area (Å²) in [5.41, 5.74) is 8.78. The largest absolute Gasteiger partial charge is 0.348 e. The average molecular weight is 355 g/mol. The fraction of sp³-hybridized carbons (Fsp3) is 0.389. The maximum Gasteiger partial charge on any atom is 0.230 e. The van der Waals surface area contributed by atoms with Gasteiger partial charge in [0.2, 0.25) is 11.7 Å². The van der Waals surface area contributed by atoms with Crippen LogP contribution in [-0.4, -0.2) is 28.2 Å². The number of thiazole rings is 1. The number of piperidine rings is 1. The van der Waals surface area contributed by atoms with Crippen LogP contribution in [0.25, 0.3) is 11.4 Å². The minimum absolute atomic E-state index is 0.321. The monoisotopic (exact) mass is 355 g/mol. The smallest absolute Gasteiger partial charge is 0.230 e. The lowest BCUT2D eigenvalue weighted by molar-refractivity contribution is 0.329. The van der Waals surface area contributed by atoms with Crippen LogP contribution < -0.4 is 10.6 Å². The van der Waals surface area contributed by atoms with Crippen molar-refractivity contribution < 1.29 is 4.52 Å². The average Bonchev–Trinajstić information content (AvgIpc) is 3.31. The summed E-state index contributed by atoms with van der Waals surface area (Å²) in [7, 11) is 0. The molecule has 0 aliphatic carbocycles. The molecule has 7 heteroatoms. The predicted molar refractivity (Wildman–Crippen MR) is 98.7 cm³/mol. The first kappa shape index (κ1) is 16.2. The molecule has 3 aromatic rings. The molecule has 1 saturated heterocycles. The fourth-order valence-electron chi connectivity index (χ4n) is 3.11. The third-order valence-corrected chi connectivity index (χ3v) is 5.63. The van der Waals surface area contributed by atoms with E-state index < -0.39 is 0 Å². The van der Waals surface area contributed by atoms with Crippen molar-refractivity contribution in [3.8, 4) is 11.4 Å². The summed E-state index contributed by atoms with van der Waals surface area (Å²) in [5.74, 6) is 1.71. The van der Waals surface area contributed by atoms with Crippen LogP contribution in [0.1, 0.15) is 35.9 Å². The highest BCUT2D eigenvalue weighted by Gasteiger charge is 2.26. The molecule has 0 saturated carbocycles. The molecule has 25 heavy (non-hydrogen) atoms. The van der Waals surface area contributed by atoms with Crippen molar-refractivity contribution in [1.82, 2.24) is 15.1 Å². The van der Waals surface area contributed by atoms with Gasteiger partial charge in [-0.3, -0.25) is 0 Å². The maximum atomic E-state index is 5.64. The number of rotatable bonds is 4. The van der Waals surface area contributed by atoms with Crippen molar-refractivity contribution in [2.75, 3.05) is 18.0 Å². The second-order valence-corrected chi connectivity index (χ2v) is 7.23. The van der Waals surface area contributed by atoms with Gasteiger partial charge in [-0.25, -0.2) is 4.98 Å². The highest BCUT2D eigenvalue weighted by Crippen LogP contribution is 2.31. The summed E-state index contributed by atoms with van der Waals surface area (Å²) in [5, 5.41) is 7.37. The molecule has 3 heterocycles. The topological polar surface area (TPSA) is 81.1 Å². The molecule has 1 fully saturated rings. The van der Waals surface area contributed by atoms with E-state index in [2.05, 4.69) is 25.4 Å². The van der Waals surface area contributed by atoms with Crippen molar-refractivity contribution in [2.45, 2.75) is 32.2 Å². The number of anilines is 1. The zero-order valence-electron chi connectivity index (χ0n) is 14.2. The second kappa shape index (κ2) is 6.93. The maximum absolute atomic E-state index is 5.64. The number of nitrogens with zero attached hydrogens (tertiary/aromatic N) is 4. The summed E-state index contributed by atoms with van der Waals surface area (Å²) in [4.78, 5) is 11.5. The minimum Gasteiger partial charge on any atom is -0.348 e. The lowest BCUT2D eigenvalue weighted by Gasteiger charge is -2.29. The first-order valence-electron chi connectivity index (χ1n) is 8.53. The first-order valence-corrected chi connectivity index (χ1v) is 9.41. The van der Waals surface area contributed by atoms with Gasteiger partial charge in [-0.05, 0) is 25.3 Å². The van der Waals surface area contributed by atoms with E-state index >= 15 is 0 Å². The van der Waals surface area contributed by atoms with E-state index in [9.17, 15) is 0 Å². The second-order valence-electron chi connectivity index (χ2n) is 6.39. The van der Waals surface area contributed by atoms with Crippen LogP contribution >= 0.6 is 11.3 Å². The Bertz CT molecular complexity index is 833. The van der Waals surface area contributed by atoms with Gasteiger partial charge in [-0.2, -0.15) is 4.98 Å². The van der Waals surface area contributed by atoms with Gasteiger partial charge < -0.3 is 15.2 Å². The Balaban J connectivity index is 1.42. The number of hydrogen-bond acceptors (Lipinski definition) is 7. The van der Waals surface area contributed by atoms with E-state index in [1.807, 2.05) is 31.2 Å². The molecule has 0 spiro atoms. The number of aromatic nitrogens is 3. The molecule has 1 aromatic carbocycles. The van der Waals surface area contributed by atoms with Crippen molar-refractivity contribution >= 4 is 16.5 Å². The van der Waals surface area contributed by atoms with Crippen LogP contribution in [0.3, 0.4) is 0 Å². The van der Waals surface area contributed by atoms with Gasteiger partial charge in [0.05, 0.1) is 5.69 Å². The Morgan fingerprint density at radius 1 is 1.20 bits per heavy atom. The molecule has 0 atom stereocenters. The van der Waals surface area contributed by atoms with Gasteiger partial charge in [-0.15, -0.1) is 11.3 Å². The zero-order chi connectivity index (χ0) is 17.2. The molecular weight excluding hydrogens is 334 g/mol. The highest BCUT2D eigenvalue weighted by atomic mass is 32.1. The summed E-state index contributed by atoms with van der Waals surface area (Å²) < 4.78 is 5.54. The number of nitrogens with two attached hydrogens (primary N) is 1. The molecule has 130 valence electrons. The Kier molecular flexibility index (Phi) is 4.50. The Labute approximate surface area is 150 Å². The lowest BCUT2D eigenvalue weighted by atomic mass is 9.97. The van der Waals surface area contributed by atoms with E-state index in [4.69, 9.17) is 10.3 Å². The van der Waals surface area contributed by atoms with Crippen molar-refractivity contribution in [3.63, 3.8) is 0 Å². The SMILES string of the molecule is Cc1csc(N2CCC(c3nc(-c4ccc(CN)cc4)no3)CC2)n1. The molecule has 2 aromatic heterocycles. The minimum atomic E-state index is 0.321. The molecule has 1 aliphatic rings. The molecule has 0 radical (unpaired) electrons. The zero-order valence-corrected chi connectivity index (χ0v) is 15.0. The van der Waals surface area contributed by atoms with Crippen LogP contribution in [0.2, 0.25) is 0 Å². The molecular formula is C18H21N5OS. The lowest BCUT2D eigenvalue weighted by Crippen LogP contribution is -2.32. The van der Waals surface area contributed by atoms with Gasteiger partial charge >= 0.3 is 0 Å². The Hall–Kier alpha value is -2.25. The highest BCUT2D eigenvalue weighted by molar-refractivity contribution is 7.13.